The summed E-state index contributed by atoms with van der Waals surface area (Å²) in [4.78, 5) is 20.0. The number of sulfonamides is 1. The largest absolute Gasteiger partial charge is 0.378 e. The molecule has 1 unspecified atom stereocenters. The van der Waals surface area contributed by atoms with Gasteiger partial charge in [0, 0.05) is 61.1 Å². The molecule has 1 aromatic heterocycles. The molecule has 0 spiro atoms. The number of ether oxygens (including phenoxy) is 1. The van der Waals surface area contributed by atoms with Gasteiger partial charge in [-0.2, -0.15) is 9.57 Å². The summed E-state index contributed by atoms with van der Waals surface area (Å²) in [6.07, 6.45) is 0.773. The zero-order valence-electron chi connectivity index (χ0n) is 20.2. The van der Waals surface area contributed by atoms with Crippen molar-refractivity contribution in [2.45, 2.75) is 11.3 Å². The quantitative estimate of drug-likeness (QED) is 0.549. The number of morpholine rings is 1. The van der Waals surface area contributed by atoms with E-state index in [9.17, 15) is 18.5 Å². The molecule has 188 valence electrons. The number of fused-ring (bicyclic) bond motifs is 1. The molecule has 1 atom stereocenters. The van der Waals surface area contributed by atoms with Gasteiger partial charge in [0.1, 0.15) is 0 Å². The molecular weight excluding hydrogens is 478 g/mol. The number of carbonyl (C=O) groups excluding carboxylic acids is 1. The van der Waals surface area contributed by atoms with Crippen molar-refractivity contribution in [1.29, 1.82) is 5.26 Å². The summed E-state index contributed by atoms with van der Waals surface area (Å²) in [6, 6.07) is 17.3. The first kappa shape index (κ1) is 24.3. The number of aromatic nitrogens is 1. The molecule has 1 N–H and O–H groups in total. The number of hydrogen-bond acceptors (Lipinski definition) is 6. The van der Waals surface area contributed by atoms with Crippen molar-refractivity contribution < 1.29 is 17.9 Å². The lowest BCUT2D eigenvalue weighted by atomic mass is 10.1. The van der Waals surface area contributed by atoms with Crippen LogP contribution in [0, 0.1) is 17.2 Å². The van der Waals surface area contributed by atoms with E-state index in [-0.39, 0.29) is 23.3 Å². The highest BCUT2D eigenvalue weighted by atomic mass is 32.2. The van der Waals surface area contributed by atoms with Crippen LogP contribution in [0.2, 0.25) is 0 Å². The van der Waals surface area contributed by atoms with Crippen LogP contribution in [0.1, 0.15) is 6.42 Å². The molecule has 0 saturated carbocycles. The average Bonchev–Trinajstić information content (AvgIpc) is 3.56. The summed E-state index contributed by atoms with van der Waals surface area (Å²) in [5, 5.41) is 10.4. The van der Waals surface area contributed by atoms with E-state index in [0.717, 1.165) is 45.1 Å². The summed E-state index contributed by atoms with van der Waals surface area (Å²) < 4.78 is 33.4. The molecule has 0 bridgehead atoms. The van der Waals surface area contributed by atoms with Crippen molar-refractivity contribution in [3.63, 3.8) is 0 Å². The maximum absolute atomic E-state index is 13.5. The highest BCUT2D eigenvalue weighted by molar-refractivity contribution is 7.89. The Morgan fingerprint density at radius 1 is 1.17 bits per heavy atom. The predicted octanol–water partition coefficient (Wildman–Crippen LogP) is 2.66. The summed E-state index contributed by atoms with van der Waals surface area (Å²) in [5.41, 5.74) is 3.39. The molecule has 2 aliphatic rings. The van der Waals surface area contributed by atoms with Crippen LogP contribution in [0.25, 0.3) is 22.2 Å². The van der Waals surface area contributed by atoms with E-state index in [1.54, 1.807) is 17.0 Å². The van der Waals surface area contributed by atoms with Crippen LogP contribution < -0.4 is 4.90 Å². The first-order chi connectivity index (χ1) is 17.4. The first-order valence-corrected chi connectivity index (χ1v) is 13.5. The molecule has 3 heterocycles. The molecule has 2 saturated heterocycles. The smallest absolute Gasteiger partial charge is 0.243 e. The number of likely N-dealkylation sites (N-methyl/N-ethyl adjacent to an activating group) is 1. The molecule has 0 radical (unpaired) electrons. The number of rotatable bonds is 6. The van der Waals surface area contributed by atoms with Crippen molar-refractivity contribution in [2.24, 2.45) is 5.92 Å². The van der Waals surface area contributed by atoms with Crippen molar-refractivity contribution in [3.8, 4) is 17.3 Å². The van der Waals surface area contributed by atoms with E-state index < -0.39 is 10.0 Å². The highest BCUT2D eigenvalue weighted by Crippen LogP contribution is 2.37. The number of carbonyl (C=O) groups is 1. The second-order valence-corrected chi connectivity index (χ2v) is 11.3. The van der Waals surface area contributed by atoms with Crippen LogP contribution in [0.4, 0.5) is 5.69 Å². The van der Waals surface area contributed by atoms with Crippen LogP contribution in [-0.4, -0.2) is 81.5 Å². The monoisotopic (exact) mass is 507 g/mol. The third kappa shape index (κ3) is 4.69. The zero-order chi connectivity index (χ0) is 25.3. The van der Waals surface area contributed by atoms with E-state index in [4.69, 9.17) is 4.74 Å². The molecule has 5 rings (SSSR count). The normalized spacial score (nSPS) is 18.6. The van der Waals surface area contributed by atoms with Gasteiger partial charge in [-0.1, -0.05) is 18.2 Å². The van der Waals surface area contributed by atoms with Gasteiger partial charge < -0.3 is 19.5 Å². The molecule has 10 heteroatoms. The van der Waals surface area contributed by atoms with E-state index in [1.165, 1.54) is 7.05 Å². The van der Waals surface area contributed by atoms with Gasteiger partial charge >= 0.3 is 0 Å². The fraction of sp³-hybridized carbons (Fsp3) is 0.385. The Labute approximate surface area is 210 Å². The minimum Gasteiger partial charge on any atom is -0.378 e. The van der Waals surface area contributed by atoms with Gasteiger partial charge in [-0.05, 0) is 36.8 Å². The second-order valence-electron chi connectivity index (χ2n) is 9.26. The van der Waals surface area contributed by atoms with Crippen LogP contribution in [0.5, 0.6) is 0 Å². The molecule has 3 aromatic rings. The van der Waals surface area contributed by atoms with E-state index in [0.29, 0.717) is 32.8 Å². The van der Waals surface area contributed by atoms with Crippen LogP contribution >= 0.6 is 0 Å². The maximum Gasteiger partial charge on any atom is 0.243 e. The number of anilines is 1. The topological polar surface area (TPSA) is 110 Å². The number of hydrogen-bond donors (Lipinski definition) is 1. The number of nitriles is 1. The molecule has 2 aromatic carbocycles. The van der Waals surface area contributed by atoms with E-state index >= 15 is 0 Å². The van der Waals surface area contributed by atoms with Crippen molar-refractivity contribution in [3.05, 3.63) is 48.5 Å². The van der Waals surface area contributed by atoms with Crippen LogP contribution in [-0.2, 0) is 19.6 Å². The highest BCUT2D eigenvalue weighted by Gasteiger charge is 2.29. The number of para-hydroxylation sites is 1. The minimum absolute atomic E-state index is 0.0543. The lowest BCUT2D eigenvalue weighted by Gasteiger charge is -2.28. The fourth-order valence-corrected chi connectivity index (χ4v) is 5.99. The van der Waals surface area contributed by atoms with Crippen LogP contribution in [0.3, 0.4) is 0 Å². The second kappa shape index (κ2) is 9.93. The number of nitrogens with one attached hydrogen (secondary N) is 1. The Bertz CT molecular complexity index is 1390. The molecule has 0 aliphatic carbocycles. The summed E-state index contributed by atoms with van der Waals surface area (Å²) in [5.74, 6) is -0.294. The standard InChI is InChI=1S/C26H29N5O4S/c1-29(18-26(32)30-10-12-35-13-11-30)36(33,34)21-6-7-25(31-9-8-19(16-27)17-31)22(15-21)24-14-20-4-2-3-5-23(20)28-24/h2-7,14-15,19,28H,8-13,17-18H2,1H3. The number of benzene rings is 2. The number of aromatic amines is 1. The van der Waals surface area contributed by atoms with Crippen molar-refractivity contribution >= 4 is 32.5 Å². The molecule has 36 heavy (non-hydrogen) atoms. The van der Waals surface area contributed by atoms with Crippen LogP contribution in [0.15, 0.2) is 53.4 Å². The number of amides is 1. The van der Waals surface area contributed by atoms with Gasteiger partial charge in [-0.15, -0.1) is 0 Å². The minimum atomic E-state index is -3.92. The number of H-pyrrole nitrogens is 1. The fourth-order valence-electron chi connectivity index (χ4n) is 4.84. The van der Waals surface area contributed by atoms with Crippen molar-refractivity contribution in [1.82, 2.24) is 14.2 Å². The summed E-state index contributed by atoms with van der Waals surface area (Å²) >= 11 is 0. The third-order valence-corrected chi connectivity index (χ3v) is 8.73. The van der Waals surface area contributed by atoms with Gasteiger partial charge in [0.2, 0.25) is 15.9 Å². The summed E-state index contributed by atoms with van der Waals surface area (Å²) in [6.45, 7) is 2.94. The lowest BCUT2D eigenvalue weighted by molar-refractivity contribution is -0.135. The Balaban J connectivity index is 1.49. The lowest BCUT2D eigenvalue weighted by Crippen LogP contribution is -2.46. The molecular formula is C26H29N5O4S. The van der Waals surface area contributed by atoms with E-state index in [1.807, 2.05) is 36.4 Å². The molecule has 9 nitrogen and oxygen atoms in total. The van der Waals surface area contributed by atoms with Gasteiger partial charge in [-0.25, -0.2) is 8.42 Å². The third-order valence-electron chi connectivity index (χ3n) is 6.93. The van der Waals surface area contributed by atoms with Crippen molar-refractivity contribution in [2.75, 3.05) is 57.9 Å². The molecule has 2 fully saturated rings. The summed E-state index contributed by atoms with van der Waals surface area (Å²) in [7, 11) is -2.49. The zero-order valence-corrected chi connectivity index (χ0v) is 21.0. The SMILES string of the molecule is CN(CC(=O)N1CCOCC1)S(=O)(=O)c1ccc(N2CCC(C#N)C2)c(-c2cc3ccccc3[nH]2)c1. The predicted molar refractivity (Wildman–Crippen MR) is 137 cm³/mol. The molecule has 1 amide bonds. The van der Waals surface area contributed by atoms with Gasteiger partial charge in [0.25, 0.3) is 0 Å². The Morgan fingerprint density at radius 3 is 2.67 bits per heavy atom. The van der Waals surface area contributed by atoms with E-state index in [2.05, 4.69) is 16.0 Å². The van der Waals surface area contributed by atoms with Gasteiger partial charge in [-0.3, -0.25) is 4.79 Å². The molecule has 2 aliphatic heterocycles. The Morgan fingerprint density at radius 2 is 1.94 bits per heavy atom. The Hall–Kier alpha value is -3.39. The Kier molecular flexibility index (Phi) is 6.71. The van der Waals surface area contributed by atoms with Gasteiger partial charge in [0.05, 0.1) is 36.6 Å². The maximum atomic E-state index is 13.5. The van der Waals surface area contributed by atoms with Gasteiger partial charge in [0.15, 0.2) is 0 Å². The first-order valence-electron chi connectivity index (χ1n) is 12.1. The number of nitrogens with zero attached hydrogens (tertiary/aromatic N) is 4. The average molecular weight is 508 g/mol.